The van der Waals surface area contributed by atoms with Crippen molar-refractivity contribution >= 4 is 5.65 Å². The summed E-state index contributed by atoms with van der Waals surface area (Å²) in [5.74, 6) is 0. The maximum Gasteiger partial charge on any atom is 0.173 e. The van der Waals surface area contributed by atoms with Crippen molar-refractivity contribution in [2.24, 2.45) is 0 Å². The summed E-state index contributed by atoms with van der Waals surface area (Å²) < 4.78 is 1.72. The number of pyridine rings is 1. The summed E-state index contributed by atoms with van der Waals surface area (Å²) in [6.07, 6.45) is 5.90. The fraction of sp³-hybridized carbons (Fsp3) is 0.143. The Kier molecular flexibility index (Phi) is 2.69. The molecule has 0 aliphatic carbocycles. The minimum Gasteiger partial charge on any atom is -0.264 e. The Hall–Kier alpha value is -2.74. The summed E-state index contributed by atoms with van der Waals surface area (Å²) in [6.45, 7) is 1.98. The van der Waals surface area contributed by atoms with E-state index in [0.717, 1.165) is 17.0 Å². The SMILES string of the molecule is CCc1nn2c(-c3cccnc3)ccnc2c1C#N. The summed E-state index contributed by atoms with van der Waals surface area (Å²) >= 11 is 0. The van der Waals surface area contributed by atoms with E-state index >= 15 is 0 Å². The van der Waals surface area contributed by atoms with Crippen molar-refractivity contribution in [3.63, 3.8) is 0 Å². The van der Waals surface area contributed by atoms with Crippen molar-refractivity contribution in [1.29, 1.82) is 5.26 Å². The zero-order valence-electron chi connectivity index (χ0n) is 10.4. The number of nitrogens with zero attached hydrogens (tertiary/aromatic N) is 5. The molecule has 0 aromatic carbocycles. The molecule has 0 atom stereocenters. The highest BCUT2D eigenvalue weighted by Crippen LogP contribution is 2.21. The van der Waals surface area contributed by atoms with Crippen LogP contribution in [0.4, 0.5) is 0 Å². The van der Waals surface area contributed by atoms with E-state index in [4.69, 9.17) is 0 Å². The molecule has 0 radical (unpaired) electrons. The zero-order valence-corrected chi connectivity index (χ0v) is 10.4. The van der Waals surface area contributed by atoms with Crippen molar-refractivity contribution in [3.05, 3.63) is 48.0 Å². The fourth-order valence-electron chi connectivity index (χ4n) is 2.08. The second kappa shape index (κ2) is 4.50. The number of hydrogen-bond acceptors (Lipinski definition) is 4. The Balaban J connectivity index is 2.34. The molecule has 0 bridgehead atoms. The van der Waals surface area contributed by atoms with Gasteiger partial charge in [0, 0.05) is 24.2 Å². The van der Waals surface area contributed by atoms with Gasteiger partial charge in [-0.2, -0.15) is 10.4 Å². The Morgan fingerprint density at radius 1 is 1.32 bits per heavy atom. The first-order valence-corrected chi connectivity index (χ1v) is 6.02. The van der Waals surface area contributed by atoms with E-state index in [1.165, 1.54) is 0 Å². The fourth-order valence-corrected chi connectivity index (χ4v) is 2.08. The third kappa shape index (κ3) is 1.74. The minimum absolute atomic E-state index is 0.549. The van der Waals surface area contributed by atoms with E-state index in [2.05, 4.69) is 21.1 Å². The Morgan fingerprint density at radius 3 is 2.89 bits per heavy atom. The first-order chi connectivity index (χ1) is 9.35. The summed E-state index contributed by atoms with van der Waals surface area (Å²) in [6, 6.07) is 7.89. The summed E-state index contributed by atoms with van der Waals surface area (Å²) in [5.41, 5.74) is 3.75. The van der Waals surface area contributed by atoms with Crippen LogP contribution in [0, 0.1) is 11.3 Å². The lowest BCUT2D eigenvalue weighted by Crippen LogP contribution is -1.96. The van der Waals surface area contributed by atoms with Crippen molar-refractivity contribution in [2.45, 2.75) is 13.3 Å². The van der Waals surface area contributed by atoms with Gasteiger partial charge in [0.1, 0.15) is 11.6 Å². The molecule has 0 aliphatic heterocycles. The summed E-state index contributed by atoms with van der Waals surface area (Å²) in [7, 11) is 0. The monoisotopic (exact) mass is 249 g/mol. The maximum absolute atomic E-state index is 9.24. The third-order valence-corrected chi connectivity index (χ3v) is 2.99. The molecule has 0 aliphatic rings. The number of aryl methyl sites for hydroxylation is 1. The zero-order chi connectivity index (χ0) is 13.2. The minimum atomic E-state index is 0.549. The average Bonchev–Trinajstić information content (AvgIpc) is 2.85. The van der Waals surface area contributed by atoms with Crippen LogP contribution in [-0.2, 0) is 6.42 Å². The van der Waals surface area contributed by atoms with Crippen LogP contribution < -0.4 is 0 Å². The van der Waals surface area contributed by atoms with Gasteiger partial charge in [0.05, 0.1) is 11.4 Å². The standard InChI is InChI=1S/C14H11N5/c1-2-12-11(8-15)14-17-7-5-13(19(14)18-12)10-4-3-6-16-9-10/h3-7,9H,2H2,1H3. The first-order valence-electron chi connectivity index (χ1n) is 6.02. The highest BCUT2D eigenvalue weighted by molar-refractivity contribution is 5.66. The quantitative estimate of drug-likeness (QED) is 0.698. The van der Waals surface area contributed by atoms with E-state index in [-0.39, 0.29) is 0 Å². The first kappa shape index (κ1) is 11.4. The van der Waals surface area contributed by atoms with Crippen molar-refractivity contribution in [3.8, 4) is 17.3 Å². The van der Waals surface area contributed by atoms with Crippen LogP contribution in [0.1, 0.15) is 18.2 Å². The normalized spacial score (nSPS) is 10.5. The van der Waals surface area contributed by atoms with Gasteiger partial charge in [0.2, 0.25) is 0 Å². The van der Waals surface area contributed by atoms with Crippen LogP contribution in [0.15, 0.2) is 36.8 Å². The van der Waals surface area contributed by atoms with Crippen molar-refractivity contribution in [2.75, 3.05) is 0 Å². The van der Waals surface area contributed by atoms with Crippen molar-refractivity contribution < 1.29 is 0 Å². The number of aromatic nitrogens is 4. The lowest BCUT2D eigenvalue weighted by Gasteiger charge is -2.03. The van der Waals surface area contributed by atoms with Gasteiger partial charge in [-0.1, -0.05) is 6.92 Å². The smallest absolute Gasteiger partial charge is 0.173 e. The highest BCUT2D eigenvalue weighted by atomic mass is 15.3. The van der Waals surface area contributed by atoms with Gasteiger partial charge < -0.3 is 0 Å². The summed E-state index contributed by atoms with van der Waals surface area (Å²) in [4.78, 5) is 8.38. The number of nitriles is 1. The van der Waals surface area contributed by atoms with Crippen LogP contribution in [0.5, 0.6) is 0 Å². The molecule has 5 heteroatoms. The molecule has 92 valence electrons. The lowest BCUT2D eigenvalue weighted by atomic mass is 10.2. The molecular formula is C14H11N5. The molecule has 3 aromatic rings. The molecule has 3 aromatic heterocycles. The molecule has 3 rings (SSSR count). The van der Waals surface area contributed by atoms with Crippen molar-refractivity contribution in [1.82, 2.24) is 19.6 Å². The largest absolute Gasteiger partial charge is 0.264 e. The molecule has 0 saturated carbocycles. The van der Waals surface area contributed by atoms with Gasteiger partial charge in [-0.3, -0.25) is 4.98 Å². The molecule has 0 N–H and O–H groups in total. The topological polar surface area (TPSA) is 66.9 Å². The van der Waals surface area contributed by atoms with E-state index in [0.29, 0.717) is 17.6 Å². The predicted molar refractivity (Wildman–Crippen MR) is 70.3 cm³/mol. The Morgan fingerprint density at radius 2 is 2.21 bits per heavy atom. The van der Waals surface area contributed by atoms with Crippen LogP contribution in [0.25, 0.3) is 16.9 Å². The second-order valence-corrected chi connectivity index (χ2v) is 4.09. The molecule has 19 heavy (non-hydrogen) atoms. The maximum atomic E-state index is 9.24. The van der Waals surface area contributed by atoms with E-state index in [1.807, 2.05) is 25.1 Å². The van der Waals surface area contributed by atoms with Gasteiger partial charge in [0.25, 0.3) is 0 Å². The number of hydrogen-bond donors (Lipinski definition) is 0. The molecule has 0 unspecified atom stereocenters. The molecule has 0 spiro atoms. The van der Waals surface area contributed by atoms with E-state index in [9.17, 15) is 5.26 Å². The van der Waals surface area contributed by atoms with E-state index < -0.39 is 0 Å². The van der Waals surface area contributed by atoms with Crippen LogP contribution >= 0.6 is 0 Å². The highest BCUT2D eigenvalue weighted by Gasteiger charge is 2.14. The molecule has 0 amide bonds. The van der Waals surface area contributed by atoms with Gasteiger partial charge in [0.15, 0.2) is 5.65 Å². The average molecular weight is 249 g/mol. The van der Waals surface area contributed by atoms with Crippen LogP contribution in [0.2, 0.25) is 0 Å². The molecule has 0 saturated heterocycles. The molecule has 5 nitrogen and oxygen atoms in total. The Labute approximate surface area is 110 Å². The van der Waals surface area contributed by atoms with Gasteiger partial charge in [-0.05, 0) is 24.6 Å². The Bertz CT molecular complexity index is 768. The van der Waals surface area contributed by atoms with Crippen LogP contribution in [-0.4, -0.2) is 19.6 Å². The molecular weight excluding hydrogens is 238 g/mol. The molecule has 0 fully saturated rings. The molecule has 3 heterocycles. The summed E-state index contributed by atoms with van der Waals surface area (Å²) in [5, 5.41) is 13.7. The number of rotatable bonds is 2. The lowest BCUT2D eigenvalue weighted by molar-refractivity contribution is 0.892. The van der Waals surface area contributed by atoms with Gasteiger partial charge in [-0.25, -0.2) is 9.50 Å². The number of fused-ring (bicyclic) bond motifs is 1. The second-order valence-electron chi connectivity index (χ2n) is 4.09. The van der Waals surface area contributed by atoms with E-state index in [1.54, 1.807) is 23.1 Å². The van der Waals surface area contributed by atoms with Gasteiger partial charge in [-0.15, -0.1) is 0 Å². The van der Waals surface area contributed by atoms with Crippen LogP contribution in [0.3, 0.4) is 0 Å². The van der Waals surface area contributed by atoms with Gasteiger partial charge >= 0.3 is 0 Å². The third-order valence-electron chi connectivity index (χ3n) is 2.99. The predicted octanol–water partition coefficient (Wildman–Crippen LogP) is 2.23.